The van der Waals surface area contributed by atoms with Gasteiger partial charge in [-0.2, -0.15) is 0 Å². The summed E-state index contributed by atoms with van der Waals surface area (Å²) in [6.07, 6.45) is 8.58. The summed E-state index contributed by atoms with van der Waals surface area (Å²) in [5, 5.41) is 7.22. The molecule has 0 amide bonds. The zero-order chi connectivity index (χ0) is 14.1. The molecule has 1 aliphatic heterocycles. The van der Waals surface area contributed by atoms with Crippen LogP contribution in [0, 0.1) is 0 Å². The van der Waals surface area contributed by atoms with Crippen LogP contribution in [0.15, 0.2) is 41.9 Å². The minimum atomic E-state index is 0.601. The van der Waals surface area contributed by atoms with E-state index in [0.29, 0.717) is 5.92 Å². The van der Waals surface area contributed by atoms with E-state index in [9.17, 15) is 0 Å². The van der Waals surface area contributed by atoms with Gasteiger partial charge in [0.15, 0.2) is 0 Å². The van der Waals surface area contributed by atoms with E-state index in [0.717, 1.165) is 19.1 Å². The zero-order valence-corrected chi connectivity index (χ0v) is 13.1. The Balaban J connectivity index is 1.55. The van der Waals surface area contributed by atoms with Crippen LogP contribution in [0.2, 0.25) is 0 Å². The maximum atomic E-state index is 3.60. The average molecular weight is 298 g/mol. The molecule has 0 radical (unpaired) electrons. The number of benzene rings is 1. The van der Waals surface area contributed by atoms with E-state index in [2.05, 4.69) is 51.8 Å². The van der Waals surface area contributed by atoms with Crippen LogP contribution in [-0.4, -0.2) is 22.9 Å². The fraction of sp³-hybridized carbons (Fsp3) is 0.444. The van der Waals surface area contributed by atoms with Crippen molar-refractivity contribution in [2.24, 2.45) is 0 Å². The van der Waals surface area contributed by atoms with Crippen molar-refractivity contribution in [3.05, 3.63) is 47.5 Å². The van der Waals surface area contributed by atoms with Crippen molar-refractivity contribution in [2.45, 2.75) is 37.8 Å². The highest BCUT2D eigenvalue weighted by Crippen LogP contribution is 2.31. The Morgan fingerprint density at radius 1 is 1.19 bits per heavy atom. The number of aromatic nitrogens is 1. The van der Waals surface area contributed by atoms with Crippen molar-refractivity contribution in [3.63, 3.8) is 0 Å². The Morgan fingerprint density at radius 2 is 2.14 bits per heavy atom. The van der Waals surface area contributed by atoms with E-state index in [-0.39, 0.29) is 0 Å². The van der Waals surface area contributed by atoms with Gasteiger partial charge in [0.2, 0.25) is 0 Å². The van der Waals surface area contributed by atoms with Gasteiger partial charge in [0.05, 0.1) is 0 Å². The molecule has 110 valence electrons. The molecular formula is C18H22N2S. The standard InChI is InChI=1S/C18H22N2S/c1-2-16(14-6-11-21-12-7-14)13-18-15(1)5-9-20(18)10-8-19-17-3-4-17/h1-2,5-6,9,11,13-14,17,19H,3-4,7-8,10,12H2. The van der Waals surface area contributed by atoms with Gasteiger partial charge in [0.1, 0.15) is 0 Å². The highest BCUT2D eigenvalue weighted by atomic mass is 32.2. The Labute approximate surface area is 130 Å². The molecule has 0 spiro atoms. The minimum Gasteiger partial charge on any atom is -0.346 e. The van der Waals surface area contributed by atoms with Crippen LogP contribution in [0.3, 0.4) is 0 Å². The van der Waals surface area contributed by atoms with Crippen molar-refractivity contribution in [1.29, 1.82) is 0 Å². The van der Waals surface area contributed by atoms with E-state index in [4.69, 9.17) is 0 Å². The molecule has 1 aromatic carbocycles. The van der Waals surface area contributed by atoms with Gasteiger partial charge in [-0.1, -0.05) is 18.2 Å². The molecule has 1 atom stereocenters. The molecular weight excluding hydrogens is 276 g/mol. The van der Waals surface area contributed by atoms with Gasteiger partial charge in [-0.25, -0.2) is 0 Å². The van der Waals surface area contributed by atoms with Gasteiger partial charge in [0.25, 0.3) is 0 Å². The number of hydrogen-bond donors (Lipinski definition) is 1. The number of allylic oxidation sites excluding steroid dienone is 1. The number of hydrogen-bond acceptors (Lipinski definition) is 2. The number of rotatable bonds is 5. The van der Waals surface area contributed by atoms with Crippen LogP contribution in [0.1, 0.15) is 30.7 Å². The fourth-order valence-corrected chi connectivity index (χ4v) is 3.92. The Bertz CT molecular complexity index is 654. The molecule has 1 aliphatic carbocycles. The van der Waals surface area contributed by atoms with Crippen LogP contribution in [0.5, 0.6) is 0 Å². The maximum Gasteiger partial charge on any atom is 0.0483 e. The third-order valence-electron chi connectivity index (χ3n) is 4.54. The first kappa shape index (κ1) is 13.5. The van der Waals surface area contributed by atoms with Crippen LogP contribution in [0.25, 0.3) is 10.9 Å². The largest absolute Gasteiger partial charge is 0.346 e. The second-order valence-corrected chi connectivity index (χ2v) is 7.16. The first-order chi connectivity index (χ1) is 10.4. The SMILES string of the molecule is C1=CC(c2ccc3ccn(CCNC4CC4)c3c2)CCS1. The molecule has 1 saturated carbocycles. The minimum absolute atomic E-state index is 0.601. The lowest BCUT2D eigenvalue weighted by atomic mass is 9.95. The van der Waals surface area contributed by atoms with E-state index in [1.165, 1.54) is 41.5 Å². The zero-order valence-electron chi connectivity index (χ0n) is 12.3. The number of nitrogens with zero attached hydrogens (tertiary/aromatic N) is 1. The third kappa shape index (κ3) is 3.04. The first-order valence-corrected chi connectivity index (χ1v) is 9.05. The molecule has 3 heteroatoms. The normalized spacial score (nSPS) is 22.0. The summed E-state index contributed by atoms with van der Waals surface area (Å²) in [6, 6.07) is 10.0. The van der Waals surface area contributed by atoms with Crippen molar-refractivity contribution >= 4 is 22.7 Å². The van der Waals surface area contributed by atoms with Gasteiger partial charge >= 0.3 is 0 Å². The summed E-state index contributed by atoms with van der Waals surface area (Å²) < 4.78 is 2.40. The van der Waals surface area contributed by atoms with Crippen molar-refractivity contribution in [1.82, 2.24) is 9.88 Å². The number of nitrogens with one attached hydrogen (secondary N) is 1. The lowest BCUT2D eigenvalue weighted by Gasteiger charge is -2.17. The monoisotopic (exact) mass is 298 g/mol. The fourth-order valence-electron chi connectivity index (χ4n) is 3.09. The van der Waals surface area contributed by atoms with Crippen LogP contribution >= 0.6 is 11.8 Å². The van der Waals surface area contributed by atoms with Gasteiger partial charge < -0.3 is 9.88 Å². The van der Waals surface area contributed by atoms with Crippen LogP contribution < -0.4 is 5.32 Å². The second kappa shape index (κ2) is 5.90. The molecule has 2 aromatic rings. The van der Waals surface area contributed by atoms with E-state index in [1.54, 1.807) is 0 Å². The summed E-state index contributed by atoms with van der Waals surface area (Å²) in [7, 11) is 0. The predicted molar refractivity (Wildman–Crippen MR) is 91.9 cm³/mol. The summed E-state index contributed by atoms with van der Waals surface area (Å²) in [4.78, 5) is 0. The van der Waals surface area contributed by atoms with Gasteiger partial charge in [-0.15, -0.1) is 11.8 Å². The molecule has 2 heterocycles. The number of fused-ring (bicyclic) bond motifs is 1. The van der Waals surface area contributed by atoms with Gasteiger partial charge in [0, 0.05) is 36.8 Å². The third-order valence-corrected chi connectivity index (χ3v) is 5.36. The highest BCUT2D eigenvalue weighted by molar-refractivity contribution is 8.02. The molecule has 4 rings (SSSR count). The number of thioether (sulfide) groups is 1. The summed E-state index contributed by atoms with van der Waals surface area (Å²) >= 11 is 1.93. The quantitative estimate of drug-likeness (QED) is 0.894. The predicted octanol–water partition coefficient (Wildman–Crippen LogP) is 4.13. The van der Waals surface area contributed by atoms with Gasteiger partial charge in [-0.05, 0) is 53.5 Å². The Kier molecular flexibility index (Phi) is 3.78. The highest BCUT2D eigenvalue weighted by Gasteiger charge is 2.19. The molecule has 2 aliphatic rings. The smallest absolute Gasteiger partial charge is 0.0483 e. The van der Waals surface area contributed by atoms with Crippen LogP contribution in [0.4, 0.5) is 0 Å². The lowest BCUT2D eigenvalue weighted by molar-refractivity contribution is 0.606. The molecule has 1 aromatic heterocycles. The average Bonchev–Trinajstić information content (AvgIpc) is 3.28. The molecule has 1 fully saturated rings. The molecule has 2 nitrogen and oxygen atoms in total. The summed E-state index contributed by atoms with van der Waals surface area (Å²) in [6.45, 7) is 2.15. The summed E-state index contributed by atoms with van der Waals surface area (Å²) in [5.74, 6) is 1.84. The molecule has 0 bridgehead atoms. The molecule has 21 heavy (non-hydrogen) atoms. The van der Waals surface area contributed by atoms with Crippen molar-refractivity contribution < 1.29 is 0 Å². The Morgan fingerprint density at radius 3 is 2.95 bits per heavy atom. The van der Waals surface area contributed by atoms with E-state index in [1.807, 2.05) is 11.8 Å². The summed E-state index contributed by atoms with van der Waals surface area (Å²) in [5.41, 5.74) is 2.85. The van der Waals surface area contributed by atoms with Gasteiger partial charge in [-0.3, -0.25) is 0 Å². The first-order valence-electron chi connectivity index (χ1n) is 8.00. The topological polar surface area (TPSA) is 17.0 Å². The van der Waals surface area contributed by atoms with E-state index < -0.39 is 0 Å². The molecule has 1 N–H and O–H groups in total. The van der Waals surface area contributed by atoms with Crippen molar-refractivity contribution in [2.75, 3.05) is 12.3 Å². The molecule has 0 saturated heterocycles. The molecule has 1 unspecified atom stereocenters. The lowest BCUT2D eigenvalue weighted by Crippen LogP contribution is -2.21. The second-order valence-electron chi connectivity index (χ2n) is 6.15. The van der Waals surface area contributed by atoms with Crippen molar-refractivity contribution in [3.8, 4) is 0 Å². The van der Waals surface area contributed by atoms with Crippen LogP contribution in [-0.2, 0) is 6.54 Å². The van der Waals surface area contributed by atoms with E-state index >= 15 is 0 Å². The Hall–Kier alpha value is -1.19. The maximum absolute atomic E-state index is 3.60.